The molecule has 0 radical (unpaired) electrons. The zero-order valence-electron chi connectivity index (χ0n) is 11.6. The lowest BCUT2D eigenvalue weighted by Gasteiger charge is -2.16. The van der Waals surface area contributed by atoms with Gasteiger partial charge in [0, 0.05) is 6.04 Å². The van der Waals surface area contributed by atoms with Crippen LogP contribution >= 0.6 is 0 Å². The monoisotopic (exact) mass is 260 g/mol. The molecule has 0 bridgehead atoms. The SMILES string of the molecule is C#CCNC(=O)C(C)Oc1cccc(C(C)NC)c1. The first-order valence-corrected chi connectivity index (χ1v) is 6.23. The summed E-state index contributed by atoms with van der Waals surface area (Å²) in [6.07, 6.45) is 4.51. The molecule has 0 aliphatic carbocycles. The van der Waals surface area contributed by atoms with Gasteiger partial charge in [0.25, 0.3) is 5.91 Å². The summed E-state index contributed by atoms with van der Waals surface area (Å²) in [5.41, 5.74) is 1.11. The highest BCUT2D eigenvalue weighted by Crippen LogP contribution is 2.19. The van der Waals surface area contributed by atoms with Crippen LogP contribution in [0.2, 0.25) is 0 Å². The van der Waals surface area contributed by atoms with Gasteiger partial charge in [-0.3, -0.25) is 4.79 Å². The Kier molecular flexibility index (Phi) is 5.91. The van der Waals surface area contributed by atoms with E-state index in [9.17, 15) is 4.79 Å². The van der Waals surface area contributed by atoms with E-state index >= 15 is 0 Å². The van der Waals surface area contributed by atoms with Gasteiger partial charge in [0.05, 0.1) is 6.54 Å². The number of terminal acetylenes is 1. The van der Waals surface area contributed by atoms with Crippen molar-refractivity contribution in [3.63, 3.8) is 0 Å². The standard InChI is InChI=1S/C15H20N2O2/c1-5-9-17-15(18)12(3)19-14-8-6-7-13(10-14)11(2)16-4/h1,6-8,10-12,16H,9H2,2-4H3,(H,17,18). The third-order valence-corrected chi connectivity index (χ3v) is 2.84. The minimum absolute atomic E-state index is 0.212. The highest BCUT2D eigenvalue weighted by molar-refractivity contribution is 5.80. The Hall–Kier alpha value is -1.99. The van der Waals surface area contributed by atoms with Gasteiger partial charge in [-0.15, -0.1) is 6.42 Å². The molecule has 19 heavy (non-hydrogen) atoms. The van der Waals surface area contributed by atoms with Crippen molar-refractivity contribution in [1.29, 1.82) is 0 Å². The second-order valence-electron chi connectivity index (χ2n) is 4.26. The van der Waals surface area contributed by atoms with Crippen LogP contribution in [0.5, 0.6) is 5.75 Å². The molecule has 0 aliphatic heterocycles. The van der Waals surface area contributed by atoms with Crippen LogP contribution in [0.15, 0.2) is 24.3 Å². The third-order valence-electron chi connectivity index (χ3n) is 2.84. The molecular weight excluding hydrogens is 240 g/mol. The van der Waals surface area contributed by atoms with Gasteiger partial charge in [0.15, 0.2) is 6.10 Å². The summed E-state index contributed by atoms with van der Waals surface area (Å²) in [4.78, 5) is 11.6. The molecule has 4 nitrogen and oxygen atoms in total. The van der Waals surface area contributed by atoms with E-state index in [2.05, 4.69) is 23.5 Å². The second kappa shape index (κ2) is 7.45. The van der Waals surface area contributed by atoms with Gasteiger partial charge in [-0.2, -0.15) is 0 Å². The van der Waals surface area contributed by atoms with E-state index in [4.69, 9.17) is 11.2 Å². The van der Waals surface area contributed by atoms with Crippen LogP contribution < -0.4 is 15.4 Å². The summed E-state index contributed by atoms with van der Waals surface area (Å²) >= 11 is 0. The third kappa shape index (κ3) is 4.65. The minimum Gasteiger partial charge on any atom is -0.481 e. The maximum atomic E-state index is 11.6. The molecule has 102 valence electrons. The Morgan fingerprint density at radius 1 is 1.47 bits per heavy atom. The maximum absolute atomic E-state index is 11.6. The molecule has 0 heterocycles. The van der Waals surface area contributed by atoms with Crippen molar-refractivity contribution in [2.24, 2.45) is 0 Å². The van der Waals surface area contributed by atoms with Crippen molar-refractivity contribution < 1.29 is 9.53 Å². The highest BCUT2D eigenvalue weighted by Gasteiger charge is 2.14. The lowest BCUT2D eigenvalue weighted by molar-refractivity contribution is -0.126. The first kappa shape index (κ1) is 15.1. The average molecular weight is 260 g/mol. The number of amides is 1. The molecule has 0 aliphatic rings. The van der Waals surface area contributed by atoms with Crippen LogP contribution in [-0.4, -0.2) is 25.6 Å². The van der Waals surface area contributed by atoms with Crippen LogP contribution in [0.25, 0.3) is 0 Å². The fourth-order valence-electron chi connectivity index (χ4n) is 1.56. The number of benzene rings is 1. The van der Waals surface area contributed by atoms with Gasteiger partial charge < -0.3 is 15.4 Å². The highest BCUT2D eigenvalue weighted by atomic mass is 16.5. The van der Waals surface area contributed by atoms with Crippen LogP contribution in [0.4, 0.5) is 0 Å². The van der Waals surface area contributed by atoms with Crippen LogP contribution in [0.1, 0.15) is 25.5 Å². The molecule has 1 aromatic rings. The Balaban J connectivity index is 2.66. The van der Waals surface area contributed by atoms with Crippen molar-refractivity contribution in [1.82, 2.24) is 10.6 Å². The Morgan fingerprint density at radius 3 is 2.84 bits per heavy atom. The summed E-state index contributed by atoms with van der Waals surface area (Å²) in [6.45, 7) is 3.96. The van der Waals surface area contributed by atoms with E-state index in [-0.39, 0.29) is 18.5 Å². The van der Waals surface area contributed by atoms with E-state index < -0.39 is 6.10 Å². The van der Waals surface area contributed by atoms with E-state index in [1.54, 1.807) is 6.92 Å². The van der Waals surface area contributed by atoms with Gasteiger partial charge in [-0.25, -0.2) is 0 Å². The molecule has 0 saturated carbocycles. The molecule has 2 N–H and O–H groups in total. The zero-order chi connectivity index (χ0) is 14.3. The first-order valence-electron chi connectivity index (χ1n) is 6.23. The molecule has 1 amide bonds. The average Bonchev–Trinajstić information content (AvgIpc) is 2.44. The fourth-order valence-corrected chi connectivity index (χ4v) is 1.56. The Labute approximate surface area is 114 Å². The second-order valence-corrected chi connectivity index (χ2v) is 4.26. The number of carbonyl (C=O) groups is 1. The first-order chi connectivity index (χ1) is 9.08. The topological polar surface area (TPSA) is 50.4 Å². The Bertz CT molecular complexity index is 465. The molecule has 1 aromatic carbocycles. The zero-order valence-corrected chi connectivity index (χ0v) is 11.6. The van der Waals surface area contributed by atoms with E-state index in [0.29, 0.717) is 5.75 Å². The summed E-state index contributed by atoms with van der Waals surface area (Å²) in [5.74, 6) is 2.81. The summed E-state index contributed by atoms with van der Waals surface area (Å²) in [6, 6.07) is 7.90. The number of hydrogen-bond acceptors (Lipinski definition) is 3. The lowest BCUT2D eigenvalue weighted by Crippen LogP contribution is -2.36. The number of ether oxygens (including phenoxy) is 1. The predicted octanol–water partition coefficient (Wildman–Crippen LogP) is 1.48. The quantitative estimate of drug-likeness (QED) is 0.762. The number of hydrogen-bond donors (Lipinski definition) is 2. The molecular formula is C15H20N2O2. The van der Waals surface area contributed by atoms with Crippen molar-refractivity contribution in [3.8, 4) is 18.1 Å². The van der Waals surface area contributed by atoms with Crippen molar-refractivity contribution >= 4 is 5.91 Å². The van der Waals surface area contributed by atoms with Gasteiger partial charge in [0.2, 0.25) is 0 Å². The molecule has 1 rings (SSSR count). The molecule has 2 atom stereocenters. The molecule has 2 unspecified atom stereocenters. The van der Waals surface area contributed by atoms with Crippen LogP contribution in [0, 0.1) is 12.3 Å². The molecule has 0 saturated heterocycles. The van der Waals surface area contributed by atoms with Crippen LogP contribution in [0.3, 0.4) is 0 Å². The number of carbonyl (C=O) groups excluding carboxylic acids is 1. The fraction of sp³-hybridized carbons (Fsp3) is 0.400. The van der Waals surface area contributed by atoms with E-state index in [1.165, 1.54) is 0 Å². The lowest BCUT2D eigenvalue weighted by atomic mass is 10.1. The van der Waals surface area contributed by atoms with E-state index in [0.717, 1.165) is 5.56 Å². The van der Waals surface area contributed by atoms with Crippen LogP contribution in [-0.2, 0) is 4.79 Å². The van der Waals surface area contributed by atoms with Gasteiger partial charge in [-0.1, -0.05) is 18.1 Å². The largest absolute Gasteiger partial charge is 0.481 e. The minimum atomic E-state index is -0.575. The van der Waals surface area contributed by atoms with Crippen molar-refractivity contribution in [2.75, 3.05) is 13.6 Å². The number of nitrogens with one attached hydrogen (secondary N) is 2. The van der Waals surface area contributed by atoms with Gasteiger partial charge in [-0.05, 0) is 38.6 Å². The normalized spacial score (nSPS) is 13.2. The van der Waals surface area contributed by atoms with Crippen molar-refractivity contribution in [3.05, 3.63) is 29.8 Å². The molecule has 4 heteroatoms. The van der Waals surface area contributed by atoms with Gasteiger partial charge >= 0.3 is 0 Å². The summed E-state index contributed by atoms with van der Waals surface area (Å²) in [7, 11) is 1.90. The Morgan fingerprint density at radius 2 is 2.21 bits per heavy atom. The maximum Gasteiger partial charge on any atom is 0.261 e. The number of rotatable bonds is 6. The predicted molar refractivity (Wildman–Crippen MR) is 75.8 cm³/mol. The van der Waals surface area contributed by atoms with Gasteiger partial charge in [0.1, 0.15) is 5.75 Å². The van der Waals surface area contributed by atoms with E-state index in [1.807, 2.05) is 31.3 Å². The summed E-state index contributed by atoms with van der Waals surface area (Å²) in [5, 5.41) is 5.74. The summed E-state index contributed by atoms with van der Waals surface area (Å²) < 4.78 is 5.60. The molecule has 0 aromatic heterocycles. The molecule has 0 spiro atoms. The smallest absolute Gasteiger partial charge is 0.261 e. The van der Waals surface area contributed by atoms with Crippen molar-refractivity contribution in [2.45, 2.75) is 26.0 Å². The molecule has 0 fully saturated rings.